The van der Waals surface area contributed by atoms with Gasteiger partial charge < -0.3 is 10.5 Å². The normalized spacial score (nSPS) is 10.4. The number of ether oxygens (including phenoxy) is 1. The van der Waals surface area contributed by atoms with Crippen LogP contribution in [0, 0.1) is 18.6 Å². The molecule has 2 N–H and O–H groups in total. The largest absolute Gasteiger partial charge is 0.436 e. The second kappa shape index (κ2) is 4.78. The fourth-order valence-electron chi connectivity index (χ4n) is 1.32. The van der Waals surface area contributed by atoms with E-state index in [2.05, 4.69) is 4.98 Å². The van der Waals surface area contributed by atoms with E-state index in [1.165, 1.54) is 6.07 Å². The summed E-state index contributed by atoms with van der Waals surface area (Å²) in [5.74, 6) is -2.34. The molecule has 0 bridgehead atoms. The molecular weight excluding hydrogens is 262 g/mol. The molecule has 0 atom stereocenters. The van der Waals surface area contributed by atoms with Gasteiger partial charge in [0.25, 0.3) is 5.88 Å². The molecule has 0 unspecified atom stereocenters. The number of aromatic nitrogens is 1. The molecule has 0 amide bonds. The van der Waals surface area contributed by atoms with Crippen molar-refractivity contribution in [2.24, 2.45) is 0 Å². The molecule has 1 heterocycles. The maximum absolute atomic E-state index is 13.4. The third-order valence-electron chi connectivity index (χ3n) is 2.28. The molecule has 0 radical (unpaired) electrons. The minimum Gasteiger partial charge on any atom is -0.436 e. The second-order valence-corrected chi connectivity index (χ2v) is 4.09. The zero-order valence-electron chi connectivity index (χ0n) is 9.38. The monoisotopic (exact) mass is 270 g/mol. The molecule has 0 fully saturated rings. The molecule has 0 aliphatic carbocycles. The number of pyridine rings is 1. The van der Waals surface area contributed by atoms with Crippen LogP contribution in [0.1, 0.15) is 5.56 Å². The summed E-state index contributed by atoms with van der Waals surface area (Å²) in [6.07, 6.45) is 0. The number of halogens is 3. The summed E-state index contributed by atoms with van der Waals surface area (Å²) in [4.78, 5) is 3.50. The summed E-state index contributed by atoms with van der Waals surface area (Å²) in [7, 11) is 0. The predicted molar refractivity (Wildman–Crippen MR) is 64.8 cm³/mol. The van der Waals surface area contributed by atoms with Crippen molar-refractivity contribution in [2.45, 2.75) is 6.92 Å². The van der Waals surface area contributed by atoms with Gasteiger partial charge in [-0.25, -0.2) is 8.78 Å². The Bertz CT molecular complexity index is 605. The van der Waals surface area contributed by atoms with Crippen LogP contribution >= 0.6 is 11.6 Å². The van der Waals surface area contributed by atoms with Crippen molar-refractivity contribution < 1.29 is 13.5 Å². The molecule has 0 saturated heterocycles. The number of aryl methyl sites for hydroxylation is 1. The van der Waals surface area contributed by atoms with Gasteiger partial charge in [-0.05, 0) is 24.6 Å². The SMILES string of the molecule is Cc1ccc(Cl)cc1Oc1nc(N)c(F)cc1F. The molecule has 6 heteroatoms. The fourth-order valence-corrected chi connectivity index (χ4v) is 1.48. The van der Waals surface area contributed by atoms with E-state index in [0.29, 0.717) is 16.8 Å². The van der Waals surface area contributed by atoms with Gasteiger partial charge in [-0.2, -0.15) is 4.98 Å². The van der Waals surface area contributed by atoms with E-state index >= 15 is 0 Å². The van der Waals surface area contributed by atoms with E-state index in [-0.39, 0.29) is 5.88 Å². The molecule has 3 nitrogen and oxygen atoms in total. The summed E-state index contributed by atoms with van der Waals surface area (Å²) >= 11 is 5.80. The lowest BCUT2D eigenvalue weighted by Crippen LogP contribution is -2.00. The van der Waals surface area contributed by atoms with E-state index in [9.17, 15) is 8.78 Å². The number of anilines is 1. The van der Waals surface area contributed by atoms with Gasteiger partial charge in [0, 0.05) is 11.1 Å². The van der Waals surface area contributed by atoms with Gasteiger partial charge in [0.2, 0.25) is 0 Å². The summed E-state index contributed by atoms with van der Waals surface area (Å²) < 4.78 is 31.6. The van der Waals surface area contributed by atoms with Gasteiger partial charge in [-0.3, -0.25) is 0 Å². The van der Waals surface area contributed by atoms with Crippen molar-refractivity contribution in [3.8, 4) is 11.6 Å². The van der Waals surface area contributed by atoms with Crippen LogP contribution in [0.4, 0.5) is 14.6 Å². The maximum atomic E-state index is 13.4. The van der Waals surface area contributed by atoms with Gasteiger partial charge in [-0.1, -0.05) is 17.7 Å². The standard InChI is InChI=1S/C12H9ClF2N2O/c1-6-2-3-7(13)4-10(6)18-12-9(15)5-8(14)11(16)17-12/h2-5H,1H3,(H2,16,17). The Hall–Kier alpha value is -1.88. The van der Waals surface area contributed by atoms with E-state index in [1.54, 1.807) is 19.1 Å². The molecule has 0 aliphatic heterocycles. The molecule has 0 aliphatic rings. The van der Waals surface area contributed by atoms with E-state index < -0.39 is 17.5 Å². The van der Waals surface area contributed by atoms with Crippen LogP contribution in [0.15, 0.2) is 24.3 Å². The molecule has 0 saturated carbocycles. The highest BCUT2D eigenvalue weighted by Gasteiger charge is 2.13. The third kappa shape index (κ3) is 2.51. The van der Waals surface area contributed by atoms with Gasteiger partial charge in [-0.15, -0.1) is 0 Å². The van der Waals surface area contributed by atoms with Crippen LogP contribution in [-0.2, 0) is 0 Å². The lowest BCUT2D eigenvalue weighted by molar-refractivity contribution is 0.416. The van der Waals surface area contributed by atoms with Crippen LogP contribution < -0.4 is 10.5 Å². The van der Waals surface area contributed by atoms with Crippen LogP contribution in [0.3, 0.4) is 0 Å². The summed E-state index contributed by atoms with van der Waals surface area (Å²) in [6.45, 7) is 1.76. The first-order valence-corrected chi connectivity index (χ1v) is 5.40. The summed E-state index contributed by atoms with van der Waals surface area (Å²) in [5, 5.41) is 0.436. The Morgan fingerprint density at radius 2 is 1.94 bits per heavy atom. The van der Waals surface area contributed by atoms with Crippen LogP contribution in [0.5, 0.6) is 11.6 Å². The van der Waals surface area contributed by atoms with Crippen LogP contribution in [0.2, 0.25) is 5.02 Å². The number of hydrogen-bond donors (Lipinski definition) is 1. The Morgan fingerprint density at radius 1 is 1.22 bits per heavy atom. The molecule has 1 aromatic carbocycles. The number of nitrogens with zero attached hydrogens (tertiary/aromatic N) is 1. The predicted octanol–water partition coefficient (Wildman–Crippen LogP) is 3.70. The zero-order chi connectivity index (χ0) is 13.3. The Balaban J connectivity index is 2.40. The van der Waals surface area contributed by atoms with Gasteiger partial charge >= 0.3 is 0 Å². The van der Waals surface area contributed by atoms with Crippen molar-refractivity contribution in [1.29, 1.82) is 0 Å². The van der Waals surface area contributed by atoms with E-state index in [0.717, 1.165) is 5.56 Å². The Labute approximate surface area is 107 Å². The molecule has 2 aromatic rings. The Morgan fingerprint density at radius 3 is 2.67 bits per heavy atom. The average Bonchev–Trinajstić information content (AvgIpc) is 2.30. The Kier molecular flexibility index (Phi) is 3.34. The number of nitrogens with two attached hydrogens (primary N) is 1. The van der Waals surface area contributed by atoms with Crippen molar-refractivity contribution in [3.05, 3.63) is 46.5 Å². The molecule has 2 rings (SSSR count). The highest BCUT2D eigenvalue weighted by molar-refractivity contribution is 6.30. The summed E-state index contributed by atoms with van der Waals surface area (Å²) in [5.41, 5.74) is 5.99. The van der Waals surface area contributed by atoms with Crippen molar-refractivity contribution in [3.63, 3.8) is 0 Å². The first-order chi connectivity index (χ1) is 8.47. The minimum absolute atomic E-state index is 0.333. The van der Waals surface area contributed by atoms with Crippen molar-refractivity contribution in [2.75, 3.05) is 5.73 Å². The lowest BCUT2D eigenvalue weighted by Gasteiger charge is -2.09. The van der Waals surface area contributed by atoms with Gasteiger partial charge in [0.05, 0.1) is 0 Å². The second-order valence-electron chi connectivity index (χ2n) is 3.65. The average molecular weight is 271 g/mol. The highest BCUT2D eigenvalue weighted by Crippen LogP contribution is 2.29. The van der Waals surface area contributed by atoms with Crippen LogP contribution in [0.25, 0.3) is 0 Å². The number of nitrogen functional groups attached to an aromatic ring is 1. The van der Waals surface area contributed by atoms with Gasteiger partial charge in [0.15, 0.2) is 17.5 Å². The summed E-state index contributed by atoms with van der Waals surface area (Å²) in [6, 6.07) is 5.52. The first-order valence-electron chi connectivity index (χ1n) is 5.03. The minimum atomic E-state index is -0.930. The molecule has 94 valence electrons. The number of benzene rings is 1. The lowest BCUT2D eigenvalue weighted by atomic mass is 10.2. The number of hydrogen-bond acceptors (Lipinski definition) is 3. The third-order valence-corrected chi connectivity index (χ3v) is 2.52. The fraction of sp³-hybridized carbons (Fsp3) is 0.0833. The molecule has 1 aromatic heterocycles. The topological polar surface area (TPSA) is 48.1 Å². The first kappa shape index (κ1) is 12.6. The van der Waals surface area contributed by atoms with E-state index in [1.807, 2.05) is 0 Å². The number of rotatable bonds is 2. The van der Waals surface area contributed by atoms with Crippen molar-refractivity contribution >= 4 is 17.4 Å². The quantitative estimate of drug-likeness (QED) is 0.905. The van der Waals surface area contributed by atoms with E-state index in [4.69, 9.17) is 22.1 Å². The van der Waals surface area contributed by atoms with Crippen molar-refractivity contribution in [1.82, 2.24) is 4.98 Å². The van der Waals surface area contributed by atoms with Gasteiger partial charge in [0.1, 0.15) is 5.75 Å². The van der Waals surface area contributed by atoms with Crippen LogP contribution in [-0.4, -0.2) is 4.98 Å². The maximum Gasteiger partial charge on any atom is 0.258 e. The molecular formula is C12H9ClF2N2O. The smallest absolute Gasteiger partial charge is 0.258 e. The molecule has 18 heavy (non-hydrogen) atoms. The zero-order valence-corrected chi connectivity index (χ0v) is 10.1. The highest BCUT2D eigenvalue weighted by atomic mass is 35.5. The molecule has 0 spiro atoms.